The summed E-state index contributed by atoms with van der Waals surface area (Å²) in [5.74, 6) is 0.728. The predicted octanol–water partition coefficient (Wildman–Crippen LogP) is 4.37. The van der Waals surface area contributed by atoms with Crippen molar-refractivity contribution in [2.75, 3.05) is 28.6 Å². The third-order valence-corrected chi connectivity index (χ3v) is 11.7. The van der Waals surface area contributed by atoms with E-state index in [0.29, 0.717) is 36.5 Å². The minimum atomic E-state index is -0.479. The maximum Gasteiger partial charge on any atom is 0.249 e. The SMILES string of the molecule is Nc1nnc(-c2ccccc2O)cc1N1CC2CCC(C1)N2c1ncc(Cn2cc(CCCc3ccc4c(c3)c3cccnc3n4C3CCC(=O)NC3=O)nn2)cn1. The van der Waals surface area contributed by atoms with Crippen LogP contribution in [0.4, 0.5) is 17.5 Å². The van der Waals surface area contributed by atoms with Gasteiger partial charge in [0.25, 0.3) is 0 Å². The number of anilines is 3. The lowest BCUT2D eigenvalue weighted by Crippen LogP contribution is -2.54. The highest BCUT2D eigenvalue weighted by molar-refractivity contribution is 6.09. The Labute approximate surface area is 332 Å². The number of pyridine rings is 1. The van der Waals surface area contributed by atoms with E-state index >= 15 is 0 Å². The van der Waals surface area contributed by atoms with Crippen molar-refractivity contribution >= 4 is 51.2 Å². The quantitative estimate of drug-likeness (QED) is 0.166. The number of hydrogen-bond donors (Lipinski definition) is 3. The van der Waals surface area contributed by atoms with Gasteiger partial charge in [0.2, 0.25) is 17.8 Å². The molecule has 2 aromatic carbocycles. The summed E-state index contributed by atoms with van der Waals surface area (Å²) < 4.78 is 3.81. The van der Waals surface area contributed by atoms with Crippen molar-refractivity contribution in [1.29, 1.82) is 0 Å². The summed E-state index contributed by atoms with van der Waals surface area (Å²) in [6.07, 6.45) is 12.8. The topological polar surface area (TPSA) is 199 Å². The Morgan fingerprint density at radius 1 is 0.845 bits per heavy atom. The molecule has 4 N–H and O–H groups in total. The normalized spacial score (nSPS) is 19.3. The number of piperazine rings is 1. The summed E-state index contributed by atoms with van der Waals surface area (Å²) in [5.41, 5.74) is 13.1. The van der Waals surface area contributed by atoms with Crippen LogP contribution in [-0.2, 0) is 29.0 Å². The summed E-state index contributed by atoms with van der Waals surface area (Å²) in [6, 6.07) is 19.3. The smallest absolute Gasteiger partial charge is 0.249 e. The molecule has 3 aliphatic heterocycles. The lowest BCUT2D eigenvalue weighted by Gasteiger charge is -2.42. The number of nitrogens with two attached hydrogens (primary N) is 1. The molecule has 7 aromatic rings. The van der Waals surface area contributed by atoms with Crippen LogP contribution in [0.1, 0.15) is 55.0 Å². The van der Waals surface area contributed by atoms with Crippen molar-refractivity contribution in [3.8, 4) is 17.0 Å². The Kier molecular flexibility index (Phi) is 8.87. The first-order valence-electron chi connectivity index (χ1n) is 19.7. The summed E-state index contributed by atoms with van der Waals surface area (Å²) in [7, 11) is 0. The van der Waals surface area contributed by atoms with Gasteiger partial charge in [0, 0.05) is 78.3 Å². The molecule has 5 aromatic heterocycles. The van der Waals surface area contributed by atoms with Crippen LogP contribution in [0.25, 0.3) is 33.2 Å². The fourth-order valence-corrected chi connectivity index (χ4v) is 8.97. The van der Waals surface area contributed by atoms with E-state index in [1.54, 1.807) is 18.3 Å². The van der Waals surface area contributed by atoms with Crippen molar-refractivity contribution in [1.82, 2.24) is 50.0 Å². The van der Waals surface area contributed by atoms with E-state index in [0.717, 1.165) is 90.0 Å². The molecule has 2 bridgehead atoms. The Hall–Kier alpha value is -6.97. The average molecular weight is 776 g/mol. The molecule has 0 saturated carbocycles. The lowest BCUT2D eigenvalue weighted by molar-refractivity contribution is -0.135. The van der Waals surface area contributed by atoms with Gasteiger partial charge in [-0.15, -0.1) is 15.3 Å². The first-order valence-corrected chi connectivity index (χ1v) is 19.7. The Morgan fingerprint density at radius 3 is 2.48 bits per heavy atom. The second kappa shape index (κ2) is 14.5. The summed E-state index contributed by atoms with van der Waals surface area (Å²) in [5, 5.41) is 32.2. The van der Waals surface area contributed by atoms with Crippen molar-refractivity contribution in [2.45, 2.75) is 69.6 Å². The van der Waals surface area contributed by atoms with Gasteiger partial charge in [-0.25, -0.2) is 19.6 Å². The van der Waals surface area contributed by atoms with Crippen LogP contribution in [-0.4, -0.2) is 86.8 Å². The van der Waals surface area contributed by atoms with Crippen molar-refractivity contribution in [3.63, 3.8) is 0 Å². The summed E-state index contributed by atoms with van der Waals surface area (Å²) in [4.78, 5) is 43.5. The number of para-hydroxylation sites is 1. The van der Waals surface area contributed by atoms with E-state index in [1.807, 2.05) is 58.2 Å². The fourth-order valence-electron chi connectivity index (χ4n) is 8.97. The second-order valence-electron chi connectivity index (χ2n) is 15.4. The van der Waals surface area contributed by atoms with E-state index in [1.165, 1.54) is 5.56 Å². The van der Waals surface area contributed by atoms with Gasteiger partial charge in [-0.2, -0.15) is 0 Å². The third kappa shape index (κ3) is 6.49. The molecule has 16 nitrogen and oxygen atoms in total. The minimum Gasteiger partial charge on any atom is -0.507 e. The number of nitrogen functional groups attached to an aromatic ring is 1. The molecule has 0 radical (unpaired) electrons. The first-order chi connectivity index (χ1) is 28.4. The molecule has 0 spiro atoms. The number of amides is 2. The number of hydrogen-bond acceptors (Lipinski definition) is 13. The number of aromatic nitrogens is 9. The maximum absolute atomic E-state index is 12.8. The molecule has 8 heterocycles. The van der Waals surface area contributed by atoms with E-state index in [-0.39, 0.29) is 29.6 Å². The van der Waals surface area contributed by atoms with Crippen LogP contribution in [0, 0.1) is 0 Å². The number of piperidine rings is 1. The molecule has 10 rings (SSSR count). The number of phenols is 1. The van der Waals surface area contributed by atoms with Crippen LogP contribution in [0.5, 0.6) is 5.75 Å². The van der Waals surface area contributed by atoms with Crippen molar-refractivity contribution in [3.05, 3.63) is 102 Å². The molecule has 3 fully saturated rings. The molecule has 0 aliphatic carbocycles. The van der Waals surface area contributed by atoms with E-state index in [9.17, 15) is 14.7 Å². The van der Waals surface area contributed by atoms with Crippen molar-refractivity contribution < 1.29 is 14.7 Å². The number of phenolic OH excluding ortho intramolecular Hbond substituents is 1. The van der Waals surface area contributed by atoms with Gasteiger partial charge in [-0.05, 0) is 86.6 Å². The van der Waals surface area contributed by atoms with Crippen LogP contribution in [0.2, 0.25) is 0 Å². The van der Waals surface area contributed by atoms with E-state index in [2.05, 4.69) is 58.8 Å². The highest BCUT2D eigenvalue weighted by Crippen LogP contribution is 2.38. The molecule has 58 heavy (non-hydrogen) atoms. The zero-order valence-corrected chi connectivity index (χ0v) is 31.6. The van der Waals surface area contributed by atoms with E-state index < -0.39 is 6.04 Å². The average Bonchev–Trinajstić information content (AvgIpc) is 3.90. The molecule has 292 valence electrons. The molecule has 3 aliphatic rings. The summed E-state index contributed by atoms with van der Waals surface area (Å²) in [6.45, 7) is 2.02. The number of aryl methyl sites for hydroxylation is 2. The lowest BCUT2D eigenvalue weighted by atomic mass is 10.0. The Morgan fingerprint density at radius 2 is 1.67 bits per heavy atom. The molecular weight excluding hydrogens is 735 g/mol. The van der Waals surface area contributed by atoms with Gasteiger partial charge >= 0.3 is 0 Å². The van der Waals surface area contributed by atoms with Gasteiger partial charge in [0.1, 0.15) is 17.4 Å². The number of carbonyl (C=O) groups is 2. The van der Waals surface area contributed by atoms with Crippen LogP contribution < -0.4 is 20.9 Å². The molecule has 3 unspecified atom stereocenters. The highest BCUT2D eigenvalue weighted by Gasteiger charge is 2.42. The second-order valence-corrected chi connectivity index (χ2v) is 15.4. The highest BCUT2D eigenvalue weighted by atomic mass is 16.3. The molecule has 3 atom stereocenters. The van der Waals surface area contributed by atoms with Crippen LogP contribution >= 0.6 is 0 Å². The molecule has 2 amide bonds. The molecule has 3 saturated heterocycles. The fraction of sp³-hybridized carbons (Fsp3) is 0.310. The monoisotopic (exact) mass is 775 g/mol. The Balaban J connectivity index is 0.763. The number of carbonyl (C=O) groups excluding carboxylic acids is 2. The number of benzene rings is 2. The van der Waals surface area contributed by atoms with Crippen molar-refractivity contribution in [2.24, 2.45) is 0 Å². The number of imide groups is 1. The minimum absolute atomic E-state index is 0.152. The van der Waals surface area contributed by atoms with Gasteiger partial charge in [0.05, 0.1) is 29.1 Å². The van der Waals surface area contributed by atoms with Gasteiger partial charge in [-0.3, -0.25) is 14.9 Å². The largest absolute Gasteiger partial charge is 0.507 e. The number of fused-ring (bicyclic) bond motifs is 5. The number of nitrogens with zero attached hydrogens (tertiary/aromatic N) is 11. The number of rotatable bonds is 10. The molecule has 16 heteroatoms. The number of aromatic hydroxyl groups is 1. The standard InChI is InChI=1S/C42H41N13O3/c43-39-36(18-33(49-50-39)31-7-1-2-9-37(31)56)52-23-28-11-12-29(24-52)54(28)42-45-19-26(20-46-42)21-53-22-27(48-51-53)6-3-5-25-10-13-34-32(17-25)30-8-4-16-44-40(30)55(34)35-14-15-38(57)47-41(35)58/h1-2,4,7-10,13,16-20,22,28-29,35,56H,3,5-6,11-12,14-15,21,23-24H2,(H2,43,50)(H,47,57,58). The van der Waals surface area contributed by atoms with Crippen LogP contribution in [0.3, 0.4) is 0 Å². The Bertz CT molecular complexity index is 2680. The number of nitrogens with one attached hydrogen (secondary N) is 1. The van der Waals surface area contributed by atoms with E-state index in [4.69, 9.17) is 15.7 Å². The van der Waals surface area contributed by atoms with Gasteiger partial charge in [-0.1, -0.05) is 23.4 Å². The summed E-state index contributed by atoms with van der Waals surface area (Å²) >= 11 is 0. The zero-order valence-electron chi connectivity index (χ0n) is 31.6. The predicted molar refractivity (Wildman–Crippen MR) is 217 cm³/mol. The molecular formula is C42H41N13O3. The maximum atomic E-state index is 12.8. The van der Waals surface area contributed by atoms with Gasteiger partial charge < -0.3 is 25.2 Å². The first kappa shape index (κ1) is 35.4. The zero-order chi connectivity index (χ0) is 39.3. The third-order valence-electron chi connectivity index (χ3n) is 11.7. The van der Waals surface area contributed by atoms with Gasteiger partial charge in [0.15, 0.2) is 5.82 Å². The van der Waals surface area contributed by atoms with Crippen LogP contribution in [0.15, 0.2) is 85.5 Å².